The van der Waals surface area contributed by atoms with E-state index >= 15 is 0 Å². The van der Waals surface area contributed by atoms with Crippen LogP contribution in [0.15, 0.2) is 0 Å². The summed E-state index contributed by atoms with van der Waals surface area (Å²) in [6.07, 6.45) is 4.37. The molecule has 0 saturated carbocycles. The number of carbonyl (C=O) groups is 1. The Morgan fingerprint density at radius 3 is 2.20 bits per heavy atom. The van der Waals surface area contributed by atoms with Gasteiger partial charge in [-0.15, -0.1) is 0 Å². The van der Waals surface area contributed by atoms with E-state index in [4.69, 9.17) is 0 Å². The average Bonchev–Trinajstić information content (AvgIpc) is 2.58. The van der Waals surface area contributed by atoms with Crippen molar-refractivity contribution in [1.82, 2.24) is 10.2 Å². The molecule has 1 aliphatic rings. The zero-order chi connectivity index (χ0) is 15.5. The van der Waals surface area contributed by atoms with Crippen molar-refractivity contribution in [3.05, 3.63) is 0 Å². The quantitative estimate of drug-likeness (QED) is 0.770. The van der Waals surface area contributed by atoms with Crippen LogP contribution in [0.25, 0.3) is 0 Å². The van der Waals surface area contributed by atoms with Crippen LogP contribution in [0, 0.1) is 11.8 Å². The summed E-state index contributed by atoms with van der Waals surface area (Å²) in [7, 11) is 0. The minimum Gasteiger partial charge on any atom is -0.323 e. The molecule has 1 aliphatic heterocycles. The van der Waals surface area contributed by atoms with Crippen LogP contribution in [-0.4, -0.2) is 28.6 Å². The van der Waals surface area contributed by atoms with E-state index in [2.05, 4.69) is 58.7 Å². The molecule has 1 fully saturated rings. The normalized spacial score (nSPS) is 28.8. The second kappa shape index (κ2) is 6.93. The van der Waals surface area contributed by atoms with E-state index in [9.17, 15) is 4.79 Å². The van der Waals surface area contributed by atoms with Gasteiger partial charge in [0.15, 0.2) is 0 Å². The third kappa shape index (κ3) is 3.97. The molecule has 3 unspecified atom stereocenters. The van der Waals surface area contributed by atoms with Crippen molar-refractivity contribution < 1.29 is 4.79 Å². The third-order valence-electron chi connectivity index (χ3n) is 4.57. The van der Waals surface area contributed by atoms with Crippen LogP contribution < -0.4 is 5.32 Å². The van der Waals surface area contributed by atoms with Crippen molar-refractivity contribution in [3.63, 3.8) is 0 Å². The fourth-order valence-corrected chi connectivity index (χ4v) is 3.02. The standard InChI is InChI=1S/C17H34N2O/c1-8-17(7)16(20)19(14(6)10-9-12(2)3)15(18-17)11-13(4)5/h12-15,18H,8-11H2,1-7H3. The molecule has 0 aromatic heterocycles. The van der Waals surface area contributed by atoms with E-state index < -0.39 is 0 Å². The lowest BCUT2D eigenvalue weighted by molar-refractivity contribution is -0.135. The Hall–Kier alpha value is -0.570. The summed E-state index contributed by atoms with van der Waals surface area (Å²) >= 11 is 0. The van der Waals surface area contributed by atoms with E-state index in [1.807, 2.05) is 0 Å². The molecule has 0 bridgehead atoms. The van der Waals surface area contributed by atoms with E-state index in [1.165, 1.54) is 6.42 Å². The Balaban J connectivity index is 2.83. The highest BCUT2D eigenvalue weighted by molar-refractivity contribution is 5.88. The lowest BCUT2D eigenvalue weighted by Crippen LogP contribution is -2.44. The molecule has 1 saturated heterocycles. The van der Waals surface area contributed by atoms with Gasteiger partial charge in [0.25, 0.3) is 0 Å². The maximum absolute atomic E-state index is 12.8. The lowest BCUT2D eigenvalue weighted by atomic mass is 9.98. The lowest BCUT2D eigenvalue weighted by Gasteiger charge is -2.32. The largest absolute Gasteiger partial charge is 0.323 e. The van der Waals surface area contributed by atoms with Gasteiger partial charge in [-0.3, -0.25) is 10.1 Å². The number of carbonyl (C=O) groups excluding carboxylic acids is 1. The van der Waals surface area contributed by atoms with Gasteiger partial charge in [-0.05, 0) is 51.4 Å². The van der Waals surface area contributed by atoms with Crippen molar-refractivity contribution in [3.8, 4) is 0 Å². The molecule has 0 aromatic carbocycles. The summed E-state index contributed by atoms with van der Waals surface area (Å²) < 4.78 is 0. The van der Waals surface area contributed by atoms with Crippen molar-refractivity contribution in [2.45, 2.75) is 91.9 Å². The molecule has 1 N–H and O–H groups in total. The Labute approximate surface area is 125 Å². The van der Waals surface area contributed by atoms with Crippen LogP contribution in [-0.2, 0) is 4.79 Å². The van der Waals surface area contributed by atoms with Gasteiger partial charge < -0.3 is 4.90 Å². The molecule has 1 rings (SSSR count). The molecule has 1 heterocycles. The number of rotatable bonds is 7. The minimum atomic E-state index is -0.369. The predicted molar refractivity (Wildman–Crippen MR) is 85.5 cm³/mol. The molecule has 1 amide bonds. The fourth-order valence-electron chi connectivity index (χ4n) is 3.02. The van der Waals surface area contributed by atoms with Gasteiger partial charge in [0, 0.05) is 6.04 Å². The van der Waals surface area contributed by atoms with Gasteiger partial charge in [-0.2, -0.15) is 0 Å². The Morgan fingerprint density at radius 1 is 1.15 bits per heavy atom. The Morgan fingerprint density at radius 2 is 1.75 bits per heavy atom. The number of amides is 1. The van der Waals surface area contributed by atoms with E-state index in [0.717, 1.165) is 19.3 Å². The predicted octanol–water partition coefficient (Wildman–Crippen LogP) is 3.78. The maximum atomic E-state index is 12.8. The summed E-state index contributed by atoms with van der Waals surface area (Å²) in [6, 6.07) is 0.328. The molecule has 3 atom stereocenters. The van der Waals surface area contributed by atoms with Crippen molar-refractivity contribution in [2.24, 2.45) is 11.8 Å². The summed E-state index contributed by atoms with van der Waals surface area (Å²) in [5, 5.41) is 3.59. The summed E-state index contributed by atoms with van der Waals surface area (Å²) in [4.78, 5) is 14.9. The van der Waals surface area contributed by atoms with Gasteiger partial charge >= 0.3 is 0 Å². The zero-order valence-corrected chi connectivity index (χ0v) is 14.5. The molecule has 0 radical (unpaired) electrons. The molecular formula is C17H34N2O. The number of nitrogens with one attached hydrogen (secondary N) is 1. The molecule has 3 nitrogen and oxygen atoms in total. The van der Waals surface area contributed by atoms with Crippen LogP contribution in [0.5, 0.6) is 0 Å². The second-order valence-electron chi connectivity index (χ2n) is 7.51. The first kappa shape index (κ1) is 17.5. The number of hydrogen-bond acceptors (Lipinski definition) is 2. The number of nitrogens with zero attached hydrogens (tertiary/aromatic N) is 1. The van der Waals surface area contributed by atoms with Gasteiger partial charge in [-0.1, -0.05) is 34.6 Å². The summed E-state index contributed by atoms with van der Waals surface area (Å²) in [6.45, 7) is 15.3. The maximum Gasteiger partial charge on any atom is 0.244 e. The molecule has 20 heavy (non-hydrogen) atoms. The second-order valence-corrected chi connectivity index (χ2v) is 7.51. The molecule has 0 spiro atoms. The van der Waals surface area contributed by atoms with Crippen LogP contribution in [0.2, 0.25) is 0 Å². The van der Waals surface area contributed by atoms with Crippen LogP contribution in [0.4, 0.5) is 0 Å². The van der Waals surface area contributed by atoms with Gasteiger partial charge in [0.2, 0.25) is 5.91 Å². The van der Waals surface area contributed by atoms with Crippen molar-refractivity contribution >= 4 is 5.91 Å². The Bertz CT molecular complexity index is 327. The summed E-state index contributed by atoms with van der Waals surface area (Å²) in [5.74, 6) is 1.59. The van der Waals surface area contributed by atoms with Crippen molar-refractivity contribution in [2.75, 3.05) is 0 Å². The third-order valence-corrected chi connectivity index (χ3v) is 4.57. The highest BCUT2D eigenvalue weighted by atomic mass is 16.2. The van der Waals surface area contributed by atoms with E-state index in [0.29, 0.717) is 23.8 Å². The monoisotopic (exact) mass is 282 g/mol. The van der Waals surface area contributed by atoms with Gasteiger partial charge in [0.05, 0.1) is 11.7 Å². The SMILES string of the molecule is CCC1(C)NC(CC(C)C)N(C(C)CCC(C)C)C1=O. The number of hydrogen-bond donors (Lipinski definition) is 1. The highest BCUT2D eigenvalue weighted by Gasteiger charge is 2.48. The molecule has 0 aromatic rings. The zero-order valence-electron chi connectivity index (χ0n) is 14.5. The first-order valence-corrected chi connectivity index (χ1v) is 8.31. The van der Waals surface area contributed by atoms with Crippen LogP contribution in [0.1, 0.15) is 74.1 Å². The molecule has 3 heteroatoms. The minimum absolute atomic E-state index is 0.203. The smallest absolute Gasteiger partial charge is 0.244 e. The molecular weight excluding hydrogens is 248 g/mol. The fraction of sp³-hybridized carbons (Fsp3) is 0.941. The molecule has 118 valence electrons. The topological polar surface area (TPSA) is 32.3 Å². The highest BCUT2D eigenvalue weighted by Crippen LogP contribution is 2.30. The van der Waals surface area contributed by atoms with Gasteiger partial charge in [0.1, 0.15) is 0 Å². The first-order chi connectivity index (χ1) is 9.21. The summed E-state index contributed by atoms with van der Waals surface area (Å²) in [5.41, 5.74) is -0.369. The Kier molecular flexibility index (Phi) is 6.06. The first-order valence-electron chi connectivity index (χ1n) is 8.31. The van der Waals surface area contributed by atoms with Gasteiger partial charge in [-0.25, -0.2) is 0 Å². The van der Waals surface area contributed by atoms with E-state index in [1.54, 1.807) is 0 Å². The average molecular weight is 282 g/mol. The van der Waals surface area contributed by atoms with Crippen LogP contribution in [0.3, 0.4) is 0 Å². The molecule has 0 aliphatic carbocycles. The van der Waals surface area contributed by atoms with Crippen molar-refractivity contribution in [1.29, 1.82) is 0 Å². The van der Waals surface area contributed by atoms with E-state index in [-0.39, 0.29) is 11.7 Å². The van der Waals surface area contributed by atoms with Crippen LogP contribution >= 0.6 is 0 Å².